The largest absolute Gasteiger partial charge is 0.394 e. The maximum Gasteiger partial charge on any atom is 0.189 e. The van der Waals surface area contributed by atoms with Crippen molar-refractivity contribution < 1.29 is 5.11 Å². The Morgan fingerprint density at radius 1 is 1.67 bits per heavy atom. The van der Waals surface area contributed by atoms with Gasteiger partial charge in [0.15, 0.2) is 5.96 Å². The van der Waals surface area contributed by atoms with Crippen LogP contribution >= 0.6 is 0 Å². The number of aliphatic hydroxyl groups excluding tert-OH is 1. The summed E-state index contributed by atoms with van der Waals surface area (Å²) in [6.45, 7) is 2.95. The molecule has 1 aliphatic carbocycles. The van der Waals surface area contributed by atoms with Gasteiger partial charge in [-0.15, -0.1) is 0 Å². The lowest BCUT2D eigenvalue weighted by Crippen LogP contribution is -2.44. The van der Waals surface area contributed by atoms with Crippen molar-refractivity contribution in [2.24, 2.45) is 10.7 Å². The molecule has 1 aliphatic rings. The fourth-order valence-corrected chi connectivity index (χ4v) is 1.02. The Bertz CT molecular complexity index is 175. The monoisotopic (exact) mass is 171 g/mol. The molecule has 12 heavy (non-hydrogen) atoms. The minimum atomic E-state index is -0.138. The number of nitrogens with one attached hydrogen (secondary N) is 1. The molecule has 1 fully saturated rings. The summed E-state index contributed by atoms with van der Waals surface area (Å²) < 4.78 is 0. The van der Waals surface area contributed by atoms with Crippen LogP contribution in [-0.2, 0) is 0 Å². The first kappa shape index (κ1) is 9.32. The predicted molar refractivity (Wildman–Crippen MR) is 49.0 cm³/mol. The lowest BCUT2D eigenvalue weighted by atomic mass is 10.3. The Labute approximate surface area is 72.9 Å². The zero-order valence-corrected chi connectivity index (χ0v) is 7.51. The summed E-state index contributed by atoms with van der Waals surface area (Å²) in [5, 5.41) is 12.0. The summed E-state index contributed by atoms with van der Waals surface area (Å²) in [5.74, 6) is 0.461. The molecule has 0 saturated heterocycles. The lowest BCUT2D eigenvalue weighted by molar-refractivity contribution is 0.245. The third-order valence-electron chi connectivity index (χ3n) is 2.06. The molecule has 1 rings (SSSR count). The van der Waals surface area contributed by atoms with Gasteiger partial charge in [0.05, 0.1) is 12.1 Å². The lowest BCUT2D eigenvalue weighted by Gasteiger charge is -2.14. The smallest absolute Gasteiger partial charge is 0.189 e. The molecule has 0 aromatic carbocycles. The minimum Gasteiger partial charge on any atom is -0.394 e. The first-order chi connectivity index (χ1) is 5.72. The summed E-state index contributed by atoms with van der Waals surface area (Å²) >= 11 is 0. The van der Waals surface area contributed by atoms with Crippen molar-refractivity contribution in [3.63, 3.8) is 0 Å². The number of rotatable bonds is 4. The zero-order valence-electron chi connectivity index (χ0n) is 7.51. The van der Waals surface area contributed by atoms with Crippen LogP contribution in [0, 0.1) is 0 Å². The Kier molecular flexibility index (Phi) is 2.92. The number of nitrogens with two attached hydrogens (primary N) is 1. The van der Waals surface area contributed by atoms with Crippen LogP contribution in [0.3, 0.4) is 0 Å². The number of guanidine groups is 1. The van der Waals surface area contributed by atoms with E-state index in [0.29, 0.717) is 5.96 Å². The van der Waals surface area contributed by atoms with Crippen molar-refractivity contribution >= 4 is 5.96 Å². The average molecular weight is 171 g/mol. The van der Waals surface area contributed by atoms with E-state index >= 15 is 0 Å². The molecule has 0 amide bonds. The molecule has 0 aromatic rings. The van der Waals surface area contributed by atoms with E-state index in [1.54, 1.807) is 0 Å². The van der Waals surface area contributed by atoms with Crippen molar-refractivity contribution in [2.75, 3.05) is 13.2 Å². The quantitative estimate of drug-likeness (QED) is 0.406. The molecule has 70 valence electrons. The van der Waals surface area contributed by atoms with Crippen LogP contribution in [0.2, 0.25) is 0 Å². The van der Waals surface area contributed by atoms with Crippen LogP contribution in [0.25, 0.3) is 0 Å². The highest BCUT2D eigenvalue weighted by molar-refractivity contribution is 5.79. The summed E-state index contributed by atoms with van der Waals surface area (Å²) in [6, 6.07) is 0. The van der Waals surface area contributed by atoms with E-state index in [2.05, 4.69) is 17.2 Å². The maximum atomic E-state index is 8.96. The van der Waals surface area contributed by atoms with Crippen LogP contribution in [0.4, 0.5) is 0 Å². The van der Waals surface area contributed by atoms with E-state index in [1.165, 1.54) is 0 Å². The second kappa shape index (κ2) is 3.76. The molecule has 0 aromatic heterocycles. The first-order valence-corrected chi connectivity index (χ1v) is 4.41. The van der Waals surface area contributed by atoms with Crippen molar-refractivity contribution in [3.05, 3.63) is 0 Å². The van der Waals surface area contributed by atoms with Gasteiger partial charge in [0.25, 0.3) is 0 Å². The molecular formula is C8H17N3O. The topological polar surface area (TPSA) is 70.6 Å². The van der Waals surface area contributed by atoms with Crippen LogP contribution < -0.4 is 11.1 Å². The van der Waals surface area contributed by atoms with E-state index < -0.39 is 0 Å². The second-order valence-electron chi connectivity index (χ2n) is 3.33. The standard InChI is InChI=1S/C8H17N3O/c1-2-5-10-7(9)11-8(6-12)3-4-8/h12H,2-6H2,1H3,(H3,9,10,11). The van der Waals surface area contributed by atoms with Gasteiger partial charge in [-0.1, -0.05) is 6.92 Å². The Morgan fingerprint density at radius 2 is 2.33 bits per heavy atom. The van der Waals surface area contributed by atoms with Gasteiger partial charge in [0.2, 0.25) is 0 Å². The van der Waals surface area contributed by atoms with Gasteiger partial charge in [0, 0.05) is 6.54 Å². The Morgan fingerprint density at radius 3 is 2.75 bits per heavy atom. The van der Waals surface area contributed by atoms with Crippen LogP contribution in [0.5, 0.6) is 0 Å². The highest BCUT2D eigenvalue weighted by atomic mass is 16.3. The molecule has 1 saturated carbocycles. The summed E-state index contributed by atoms with van der Waals surface area (Å²) in [7, 11) is 0. The molecule has 0 aliphatic heterocycles. The molecule has 0 radical (unpaired) electrons. The number of hydrogen-bond donors (Lipinski definition) is 3. The summed E-state index contributed by atoms with van der Waals surface area (Å²) in [6.07, 6.45) is 2.98. The average Bonchev–Trinajstić information content (AvgIpc) is 2.82. The van der Waals surface area contributed by atoms with E-state index in [0.717, 1.165) is 25.8 Å². The van der Waals surface area contributed by atoms with E-state index in [1.807, 2.05) is 0 Å². The van der Waals surface area contributed by atoms with Gasteiger partial charge in [-0.25, -0.2) is 0 Å². The Hall–Kier alpha value is -0.770. The highest BCUT2D eigenvalue weighted by Crippen LogP contribution is 2.34. The fourth-order valence-electron chi connectivity index (χ4n) is 1.02. The van der Waals surface area contributed by atoms with Gasteiger partial charge < -0.3 is 16.2 Å². The summed E-state index contributed by atoms with van der Waals surface area (Å²) in [5.41, 5.74) is 5.45. The Balaban J connectivity index is 2.30. The van der Waals surface area contributed by atoms with Crippen molar-refractivity contribution in [2.45, 2.75) is 31.7 Å². The SMILES string of the molecule is CCCN=C(N)NC1(CO)CC1. The molecular weight excluding hydrogens is 154 g/mol. The van der Waals surface area contributed by atoms with E-state index in [-0.39, 0.29) is 12.1 Å². The molecule has 0 unspecified atom stereocenters. The van der Waals surface area contributed by atoms with Gasteiger partial charge in [-0.3, -0.25) is 4.99 Å². The van der Waals surface area contributed by atoms with E-state index in [4.69, 9.17) is 10.8 Å². The van der Waals surface area contributed by atoms with Crippen LogP contribution in [0.1, 0.15) is 26.2 Å². The summed E-state index contributed by atoms with van der Waals surface area (Å²) in [4.78, 5) is 4.09. The molecule has 0 atom stereocenters. The third-order valence-corrected chi connectivity index (χ3v) is 2.06. The first-order valence-electron chi connectivity index (χ1n) is 4.41. The number of aliphatic hydroxyl groups is 1. The highest BCUT2D eigenvalue weighted by Gasteiger charge is 2.42. The normalized spacial score (nSPS) is 20.7. The second-order valence-corrected chi connectivity index (χ2v) is 3.33. The van der Waals surface area contributed by atoms with E-state index in [9.17, 15) is 0 Å². The fraction of sp³-hybridized carbons (Fsp3) is 0.875. The van der Waals surface area contributed by atoms with Gasteiger partial charge in [-0.05, 0) is 19.3 Å². The van der Waals surface area contributed by atoms with Crippen molar-refractivity contribution in [3.8, 4) is 0 Å². The molecule has 0 heterocycles. The van der Waals surface area contributed by atoms with Crippen molar-refractivity contribution in [1.82, 2.24) is 5.32 Å². The number of nitrogens with zero attached hydrogens (tertiary/aromatic N) is 1. The van der Waals surface area contributed by atoms with Gasteiger partial charge in [-0.2, -0.15) is 0 Å². The van der Waals surface area contributed by atoms with Crippen LogP contribution in [-0.4, -0.2) is 29.8 Å². The molecule has 0 bridgehead atoms. The van der Waals surface area contributed by atoms with Gasteiger partial charge in [0.1, 0.15) is 0 Å². The molecule has 0 spiro atoms. The maximum absolute atomic E-state index is 8.96. The number of hydrogen-bond acceptors (Lipinski definition) is 2. The zero-order chi connectivity index (χ0) is 9.03. The molecule has 4 nitrogen and oxygen atoms in total. The number of aliphatic imine (C=N–C) groups is 1. The van der Waals surface area contributed by atoms with Gasteiger partial charge >= 0.3 is 0 Å². The predicted octanol–water partition coefficient (Wildman–Crippen LogP) is -0.174. The third kappa shape index (κ3) is 2.37. The minimum absolute atomic E-state index is 0.138. The molecule has 4 heteroatoms. The van der Waals surface area contributed by atoms with Crippen molar-refractivity contribution in [1.29, 1.82) is 0 Å². The molecule has 4 N–H and O–H groups in total. The van der Waals surface area contributed by atoms with Crippen LogP contribution in [0.15, 0.2) is 4.99 Å².